The minimum atomic E-state index is -1.25. The predicted molar refractivity (Wildman–Crippen MR) is 66.7 cm³/mol. The van der Waals surface area contributed by atoms with Crippen molar-refractivity contribution >= 4 is 11.9 Å². The molecule has 1 aromatic carbocycles. The van der Waals surface area contributed by atoms with Crippen LogP contribution in [0.2, 0.25) is 0 Å². The van der Waals surface area contributed by atoms with Crippen molar-refractivity contribution in [2.75, 3.05) is 0 Å². The molecule has 0 saturated heterocycles. The maximum absolute atomic E-state index is 11.8. The Morgan fingerprint density at radius 2 is 1.89 bits per heavy atom. The van der Waals surface area contributed by atoms with Gasteiger partial charge in [-0.15, -0.1) is 0 Å². The Hall–Kier alpha value is -1.88. The number of aliphatic carboxylic acids is 1. The number of hydrogen-bond donors (Lipinski definition) is 1. The van der Waals surface area contributed by atoms with Gasteiger partial charge in [0.05, 0.1) is 12.5 Å². The summed E-state index contributed by atoms with van der Waals surface area (Å²) in [6.07, 6.45) is -0.611. The highest BCUT2D eigenvalue weighted by Gasteiger charge is 2.24. The molecule has 0 unspecified atom stereocenters. The lowest BCUT2D eigenvalue weighted by Crippen LogP contribution is -2.91. The Balaban J connectivity index is 2.59. The van der Waals surface area contributed by atoms with E-state index in [4.69, 9.17) is 4.74 Å². The van der Waals surface area contributed by atoms with Crippen molar-refractivity contribution in [3.63, 3.8) is 0 Å². The largest absolute Gasteiger partial charge is 0.550 e. The Morgan fingerprint density at radius 1 is 1.26 bits per heavy atom. The highest BCUT2D eigenvalue weighted by atomic mass is 16.5. The summed E-state index contributed by atoms with van der Waals surface area (Å²) < 4.78 is 5.04. The van der Waals surface area contributed by atoms with Crippen LogP contribution in [-0.2, 0) is 20.9 Å². The van der Waals surface area contributed by atoms with E-state index < -0.39 is 18.0 Å². The van der Waals surface area contributed by atoms with Gasteiger partial charge in [-0.25, -0.2) is 4.79 Å². The zero-order valence-corrected chi connectivity index (χ0v) is 11.2. The van der Waals surface area contributed by atoms with Gasteiger partial charge in [-0.1, -0.05) is 30.3 Å². The van der Waals surface area contributed by atoms with E-state index in [1.807, 2.05) is 30.3 Å². The maximum Gasteiger partial charge on any atom is 0.365 e. The topological polar surface area (TPSA) is 83.0 Å². The van der Waals surface area contributed by atoms with Crippen molar-refractivity contribution < 1.29 is 24.7 Å². The molecule has 1 atom stereocenters. The lowest BCUT2D eigenvalue weighted by atomic mass is 10.1. The van der Waals surface area contributed by atoms with Crippen LogP contribution in [0, 0.1) is 0 Å². The SMILES string of the molecule is CC(C)OC(=O)[C@@H](CC(=O)[O-])[NH2+]Cc1ccccc1. The highest BCUT2D eigenvalue weighted by Crippen LogP contribution is 1.98. The normalized spacial score (nSPS) is 12.2. The van der Waals surface area contributed by atoms with E-state index in [-0.39, 0.29) is 12.5 Å². The summed E-state index contributed by atoms with van der Waals surface area (Å²) in [5.41, 5.74) is 1.02. The number of carbonyl (C=O) groups is 2. The molecule has 0 radical (unpaired) electrons. The fourth-order valence-electron chi connectivity index (χ4n) is 1.65. The van der Waals surface area contributed by atoms with Gasteiger partial charge in [-0.3, -0.25) is 0 Å². The number of carboxylic acids is 1. The van der Waals surface area contributed by atoms with E-state index >= 15 is 0 Å². The fraction of sp³-hybridized carbons (Fsp3) is 0.429. The van der Waals surface area contributed by atoms with E-state index in [0.717, 1.165) is 5.56 Å². The number of esters is 1. The molecule has 5 heteroatoms. The number of benzene rings is 1. The van der Waals surface area contributed by atoms with Gasteiger partial charge in [0, 0.05) is 11.5 Å². The van der Waals surface area contributed by atoms with E-state index in [2.05, 4.69) is 0 Å². The first kappa shape index (κ1) is 15.2. The molecule has 5 nitrogen and oxygen atoms in total. The van der Waals surface area contributed by atoms with Crippen LogP contribution < -0.4 is 10.4 Å². The molecule has 0 aromatic heterocycles. The highest BCUT2D eigenvalue weighted by molar-refractivity contribution is 5.79. The van der Waals surface area contributed by atoms with Crippen molar-refractivity contribution in [3.05, 3.63) is 35.9 Å². The Kier molecular flexibility index (Phi) is 6.02. The molecule has 0 aliphatic heterocycles. The summed E-state index contributed by atoms with van der Waals surface area (Å²) in [6, 6.07) is 8.75. The van der Waals surface area contributed by atoms with Crippen LogP contribution in [0.5, 0.6) is 0 Å². The number of carboxylic acid groups (broad SMARTS) is 1. The number of ether oxygens (including phenoxy) is 1. The quantitative estimate of drug-likeness (QED) is 0.655. The summed E-state index contributed by atoms with van der Waals surface area (Å²) in [5, 5.41) is 12.3. The third-order valence-electron chi connectivity index (χ3n) is 2.52. The van der Waals surface area contributed by atoms with Gasteiger partial charge in [0.1, 0.15) is 6.54 Å². The Labute approximate surface area is 112 Å². The first-order valence-electron chi connectivity index (χ1n) is 6.26. The summed E-state index contributed by atoms with van der Waals surface area (Å²) in [7, 11) is 0. The van der Waals surface area contributed by atoms with Gasteiger partial charge in [-0.2, -0.15) is 0 Å². The molecule has 104 valence electrons. The van der Waals surface area contributed by atoms with Gasteiger partial charge in [-0.05, 0) is 13.8 Å². The minimum Gasteiger partial charge on any atom is -0.550 e. The molecule has 19 heavy (non-hydrogen) atoms. The number of carbonyl (C=O) groups excluding carboxylic acids is 2. The average molecular weight is 265 g/mol. The van der Waals surface area contributed by atoms with Gasteiger partial charge in [0.2, 0.25) is 0 Å². The first-order valence-corrected chi connectivity index (χ1v) is 6.26. The summed E-state index contributed by atoms with van der Waals surface area (Å²) in [6.45, 7) is 3.97. The summed E-state index contributed by atoms with van der Waals surface area (Å²) in [4.78, 5) is 22.4. The second-order valence-electron chi connectivity index (χ2n) is 4.59. The molecular formula is C14H19NO4. The van der Waals surface area contributed by atoms with E-state index in [1.54, 1.807) is 19.2 Å². The van der Waals surface area contributed by atoms with Crippen LogP contribution in [-0.4, -0.2) is 24.1 Å². The number of rotatable bonds is 7. The zero-order valence-electron chi connectivity index (χ0n) is 11.2. The summed E-state index contributed by atoms with van der Waals surface area (Å²) >= 11 is 0. The molecule has 0 fully saturated rings. The lowest BCUT2D eigenvalue weighted by molar-refractivity contribution is -0.693. The van der Waals surface area contributed by atoms with Crippen LogP contribution >= 0.6 is 0 Å². The van der Waals surface area contributed by atoms with Gasteiger partial charge < -0.3 is 20.0 Å². The monoisotopic (exact) mass is 265 g/mol. The van der Waals surface area contributed by atoms with Gasteiger partial charge in [0.25, 0.3) is 0 Å². The van der Waals surface area contributed by atoms with Crippen LogP contribution in [0.15, 0.2) is 30.3 Å². The van der Waals surface area contributed by atoms with Gasteiger partial charge in [0.15, 0.2) is 6.04 Å². The predicted octanol–water partition coefficient (Wildman–Crippen LogP) is -0.790. The van der Waals surface area contributed by atoms with E-state index in [9.17, 15) is 14.7 Å². The first-order chi connectivity index (χ1) is 8.99. The van der Waals surface area contributed by atoms with Crippen molar-refractivity contribution in [1.82, 2.24) is 0 Å². The van der Waals surface area contributed by atoms with Crippen molar-refractivity contribution in [2.24, 2.45) is 0 Å². The molecular weight excluding hydrogens is 246 g/mol. The maximum atomic E-state index is 11.8. The molecule has 0 heterocycles. The number of hydrogen-bond acceptors (Lipinski definition) is 4. The van der Waals surface area contributed by atoms with Crippen LogP contribution in [0.25, 0.3) is 0 Å². The van der Waals surface area contributed by atoms with Crippen molar-refractivity contribution in [2.45, 2.75) is 39.0 Å². The molecule has 0 aliphatic carbocycles. The van der Waals surface area contributed by atoms with Crippen LogP contribution in [0.1, 0.15) is 25.8 Å². The van der Waals surface area contributed by atoms with E-state index in [0.29, 0.717) is 6.54 Å². The molecule has 2 N–H and O–H groups in total. The number of quaternary nitrogens is 1. The van der Waals surface area contributed by atoms with Gasteiger partial charge >= 0.3 is 5.97 Å². The lowest BCUT2D eigenvalue weighted by Gasteiger charge is -2.17. The molecule has 0 saturated carbocycles. The molecule has 1 aromatic rings. The molecule has 1 rings (SSSR count). The Bertz CT molecular complexity index is 417. The standard InChI is InChI=1S/C14H19NO4/c1-10(2)19-14(18)12(8-13(16)17)15-9-11-6-4-3-5-7-11/h3-7,10,12,15H,8-9H2,1-2H3,(H,16,17)/t12-/m1/s1. The third kappa shape index (κ3) is 6.01. The molecule has 0 aliphatic rings. The second kappa shape index (κ2) is 7.53. The Morgan fingerprint density at radius 3 is 2.42 bits per heavy atom. The molecule has 0 spiro atoms. The molecule has 0 bridgehead atoms. The average Bonchev–Trinajstić information content (AvgIpc) is 2.34. The number of nitrogens with two attached hydrogens (primary N) is 1. The molecule has 0 amide bonds. The summed E-state index contributed by atoms with van der Waals surface area (Å²) in [5.74, 6) is -1.77. The fourth-order valence-corrected chi connectivity index (χ4v) is 1.65. The van der Waals surface area contributed by atoms with E-state index in [1.165, 1.54) is 0 Å². The van der Waals surface area contributed by atoms with Crippen LogP contribution in [0.4, 0.5) is 0 Å². The third-order valence-corrected chi connectivity index (χ3v) is 2.52. The van der Waals surface area contributed by atoms with Crippen molar-refractivity contribution in [1.29, 1.82) is 0 Å². The van der Waals surface area contributed by atoms with Crippen LogP contribution in [0.3, 0.4) is 0 Å². The smallest absolute Gasteiger partial charge is 0.365 e. The zero-order chi connectivity index (χ0) is 14.3. The minimum absolute atomic E-state index is 0.262. The second-order valence-corrected chi connectivity index (χ2v) is 4.59. The van der Waals surface area contributed by atoms with Crippen molar-refractivity contribution in [3.8, 4) is 0 Å².